The van der Waals surface area contributed by atoms with Crippen molar-refractivity contribution in [3.8, 4) is 0 Å². The van der Waals surface area contributed by atoms with Gasteiger partial charge in [-0.25, -0.2) is 4.79 Å². The highest BCUT2D eigenvalue weighted by atomic mass is 35.5. The minimum atomic E-state index is -0.423. The zero-order valence-corrected chi connectivity index (χ0v) is 16.0. The van der Waals surface area contributed by atoms with Gasteiger partial charge in [0.15, 0.2) is 0 Å². The molecule has 2 aromatic carbocycles. The number of allylic oxidation sites excluding steroid dienone is 1. The van der Waals surface area contributed by atoms with Crippen molar-refractivity contribution in [2.24, 2.45) is 0 Å². The van der Waals surface area contributed by atoms with Crippen LogP contribution in [0.5, 0.6) is 0 Å². The number of carbonyl (C=O) groups excluding carboxylic acids is 1. The van der Waals surface area contributed by atoms with Crippen LogP contribution >= 0.6 is 11.6 Å². The van der Waals surface area contributed by atoms with Crippen molar-refractivity contribution >= 4 is 34.6 Å². The highest BCUT2D eigenvalue weighted by Gasteiger charge is 2.37. The van der Waals surface area contributed by atoms with E-state index in [2.05, 4.69) is 58.1 Å². The van der Waals surface area contributed by atoms with E-state index >= 15 is 0 Å². The fraction of sp³-hybridized carbons (Fsp3) is 0.286. The number of aryl methyl sites for hydroxylation is 2. The molecular weight excluding hydrogens is 332 g/mol. The topological polar surface area (TPSA) is 32.3 Å². The predicted octanol–water partition coefficient (Wildman–Crippen LogP) is 6.19. The van der Waals surface area contributed by atoms with Crippen molar-refractivity contribution in [1.82, 2.24) is 0 Å². The molecule has 0 aromatic heterocycles. The largest absolute Gasteiger partial charge is 0.327 e. The Morgan fingerprint density at radius 3 is 2.36 bits per heavy atom. The van der Waals surface area contributed by atoms with Crippen molar-refractivity contribution in [3.63, 3.8) is 0 Å². The Hall–Kier alpha value is -2.26. The number of fused-ring (bicyclic) bond motifs is 1. The van der Waals surface area contributed by atoms with E-state index in [0.29, 0.717) is 5.02 Å². The molecule has 0 saturated carbocycles. The number of halogens is 1. The fourth-order valence-corrected chi connectivity index (χ4v) is 3.72. The first-order valence-corrected chi connectivity index (χ1v) is 8.75. The Morgan fingerprint density at radius 2 is 1.72 bits per heavy atom. The molecule has 2 aromatic rings. The van der Waals surface area contributed by atoms with Gasteiger partial charge in [-0.2, -0.15) is 0 Å². The molecule has 3 rings (SSSR count). The number of amides is 2. The Kier molecular flexibility index (Phi) is 4.38. The number of urea groups is 1. The van der Waals surface area contributed by atoms with Crippen molar-refractivity contribution < 1.29 is 4.79 Å². The van der Waals surface area contributed by atoms with Crippen LogP contribution in [0.1, 0.15) is 37.5 Å². The summed E-state index contributed by atoms with van der Waals surface area (Å²) in [5.74, 6) is 0. The van der Waals surface area contributed by atoms with E-state index in [1.165, 1.54) is 11.1 Å². The van der Waals surface area contributed by atoms with Gasteiger partial charge in [0.1, 0.15) is 0 Å². The van der Waals surface area contributed by atoms with Gasteiger partial charge < -0.3 is 5.32 Å². The van der Waals surface area contributed by atoms with Gasteiger partial charge in [-0.15, -0.1) is 0 Å². The molecule has 0 atom stereocenters. The predicted molar refractivity (Wildman–Crippen MR) is 107 cm³/mol. The minimum absolute atomic E-state index is 0.149. The zero-order valence-electron chi connectivity index (χ0n) is 15.3. The maximum absolute atomic E-state index is 13.1. The third-order valence-electron chi connectivity index (χ3n) is 4.54. The summed E-state index contributed by atoms with van der Waals surface area (Å²) in [6, 6.07) is 11.3. The smallest absolute Gasteiger partial charge is 0.308 e. The number of benzene rings is 2. The number of anilines is 2. The van der Waals surface area contributed by atoms with Crippen LogP contribution in [-0.4, -0.2) is 11.6 Å². The van der Waals surface area contributed by atoms with E-state index < -0.39 is 5.54 Å². The molecule has 1 N–H and O–H groups in total. The summed E-state index contributed by atoms with van der Waals surface area (Å²) in [4.78, 5) is 15.0. The van der Waals surface area contributed by atoms with Crippen LogP contribution in [0, 0.1) is 13.8 Å². The summed E-state index contributed by atoms with van der Waals surface area (Å²) in [6.07, 6.45) is 2.15. The fourth-order valence-electron chi connectivity index (χ4n) is 3.59. The van der Waals surface area contributed by atoms with Gasteiger partial charge in [0, 0.05) is 16.3 Å². The molecule has 0 unspecified atom stereocenters. The van der Waals surface area contributed by atoms with E-state index in [9.17, 15) is 4.79 Å². The SMILES string of the molecule is CC1=CC(C)(C)N(C(=O)Nc2ccc(Cl)cc2)c2c(C)cc(C)cc21. The lowest BCUT2D eigenvalue weighted by molar-refractivity contribution is 0.253. The highest BCUT2D eigenvalue weighted by molar-refractivity contribution is 6.30. The number of nitrogens with zero attached hydrogens (tertiary/aromatic N) is 1. The molecule has 1 aliphatic heterocycles. The van der Waals surface area contributed by atoms with E-state index in [1.54, 1.807) is 24.3 Å². The molecule has 2 amide bonds. The Bertz CT molecular complexity index is 866. The van der Waals surface area contributed by atoms with Gasteiger partial charge >= 0.3 is 6.03 Å². The maximum atomic E-state index is 13.1. The molecule has 0 fully saturated rings. The van der Waals surface area contributed by atoms with Gasteiger partial charge in [0.05, 0.1) is 11.2 Å². The molecule has 1 heterocycles. The Morgan fingerprint density at radius 1 is 1.08 bits per heavy atom. The molecule has 0 saturated heterocycles. The van der Waals surface area contributed by atoms with Crippen LogP contribution in [-0.2, 0) is 0 Å². The van der Waals surface area contributed by atoms with Crippen LogP contribution in [0.15, 0.2) is 42.5 Å². The summed E-state index contributed by atoms with van der Waals surface area (Å²) in [5.41, 5.74) is 5.88. The van der Waals surface area contributed by atoms with Crippen LogP contribution in [0.3, 0.4) is 0 Å². The van der Waals surface area contributed by atoms with Crippen LogP contribution in [0.2, 0.25) is 5.02 Å². The van der Waals surface area contributed by atoms with E-state index in [4.69, 9.17) is 11.6 Å². The van der Waals surface area contributed by atoms with E-state index in [1.807, 2.05) is 4.90 Å². The number of hydrogen-bond acceptors (Lipinski definition) is 1. The van der Waals surface area contributed by atoms with Crippen molar-refractivity contribution in [1.29, 1.82) is 0 Å². The Labute approximate surface area is 154 Å². The number of hydrogen-bond donors (Lipinski definition) is 1. The first-order chi connectivity index (χ1) is 11.7. The molecule has 3 nitrogen and oxygen atoms in total. The van der Waals surface area contributed by atoms with Crippen LogP contribution in [0.4, 0.5) is 16.2 Å². The first-order valence-electron chi connectivity index (χ1n) is 8.37. The monoisotopic (exact) mass is 354 g/mol. The maximum Gasteiger partial charge on any atom is 0.327 e. The second kappa shape index (κ2) is 6.23. The van der Waals surface area contributed by atoms with Gasteiger partial charge in [0.25, 0.3) is 0 Å². The number of carbonyl (C=O) groups is 1. The molecule has 25 heavy (non-hydrogen) atoms. The number of nitrogens with one attached hydrogen (secondary N) is 1. The minimum Gasteiger partial charge on any atom is -0.308 e. The summed E-state index contributed by atoms with van der Waals surface area (Å²) in [5, 5.41) is 3.64. The quantitative estimate of drug-likeness (QED) is 0.650. The molecule has 4 heteroatoms. The van der Waals surface area contributed by atoms with Crippen molar-refractivity contribution in [2.75, 3.05) is 10.2 Å². The van der Waals surface area contributed by atoms with Crippen LogP contribution in [0.25, 0.3) is 5.57 Å². The lowest BCUT2D eigenvalue weighted by Crippen LogP contribution is -2.51. The molecule has 0 radical (unpaired) electrons. The van der Waals surface area contributed by atoms with Crippen molar-refractivity contribution in [2.45, 2.75) is 40.2 Å². The van der Waals surface area contributed by atoms with E-state index in [-0.39, 0.29) is 6.03 Å². The molecular formula is C21H23ClN2O. The second-order valence-corrected chi connectivity index (χ2v) is 7.67. The lowest BCUT2D eigenvalue weighted by Gasteiger charge is -2.42. The van der Waals surface area contributed by atoms with Gasteiger partial charge in [0.2, 0.25) is 0 Å². The highest BCUT2D eigenvalue weighted by Crippen LogP contribution is 2.41. The van der Waals surface area contributed by atoms with Gasteiger partial charge in [-0.3, -0.25) is 4.90 Å². The standard InChI is InChI=1S/C21H23ClN2O/c1-13-10-14(2)19-18(11-13)15(3)12-21(4,5)24(19)20(25)23-17-8-6-16(22)7-9-17/h6-12H,1-5H3,(H,23,25). The van der Waals surface area contributed by atoms with Crippen LogP contribution < -0.4 is 10.2 Å². The summed E-state index contributed by atoms with van der Waals surface area (Å²) in [7, 11) is 0. The summed E-state index contributed by atoms with van der Waals surface area (Å²) >= 11 is 5.93. The van der Waals surface area contributed by atoms with Gasteiger partial charge in [-0.1, -0.05) is 29.3 Å². The van der Waals surface area contributed by atoms with E-state index in [0.717, 1.165) is 22.5 Å². The second-order valence-electron chi connectivity index (χ2n) is 7.23. The Balaban J connectivity index is 2.05. The molecule has 130 valence electrons. The third-order valence-corrected chi connectivity index (χ3v) is 4.79. The molecule has 1 aliphatic rings. The lowest BCUT2D eigenvalue weighted by atomic mass is 9.86. The third kappa shape index (κ3) is 3.29. The zero-order chi connectivity index (χ0) is 18.4. The average molecular weight is 355 g/mol. The number of rotatable bonds is 1. The molecule has 0 aliphatic carbocycles. The first kappa shape index (κ1) is 17.6. The average Bonchev–Trinajstić information content (AvgIpc) is 2.50. The summed E-state index contributed by atoms with van der Waals surface area (Å²) in [6.45, 7) is 10.4. The van der Waals surface area contributed by atoms with Crippen molar-refractivity contribution in [3.05, 3.63) is 64.2 Å². The molecule has 0 spiro atoms. The van der Waals surface area contributed by atoms with Gasteiger partial charge in [-0.05, 0) is 76.1 Å². The molecule has 0 bridgehead atoms. The normalized spacial score (nSPS) is 15.4. The summed E-state index contributed by atoms with van der Waals surface area (Å²) < 4.78 is 0.